The van der Waals surface area contributed by atoms with E-state index in [1.807, 2.05) is 24.3 Å². The highest BCUT2D eigenvalue weighted by molar-refractivity contribution is 7.22. The van der Waals surface area contributed by atoms with Gasteiger partial charge in [-0.25, -0.2) is 4.79 Å². The standard InChI is InChI=1S/C21H20N2O3S/c1-13-18-10-16(23-12-17(26-21(23)25)11-22-14(2)24)8-9-19(18)27-20(13)15-6-4-3-5-7-15/h3-10,17H,11-12H2,1-2H3,(H,22,24)/t17-/m0/s1. The molecule has 1 fully saturated rings. The van der Waals surface area contributed by atoms with E-state index in [4.69, 9.17) is 4.74 Å². The van der Waals surface area contributed by atoms with Crippen molar-refractivity contribution in [2.75, 3.05) is 18.0 Å². The number of carbonyl (C=O) groups is 2. The summed E-state index contributed by atoms with van der Waals surface area (Å²) in [5, 5.41) is 3.85. The maximum Gasteiger partial charge on any atom is 0.414 e. The summed E-state index contributed by atoms with van der Waals surface area (Å²) in [5.41, 5.74) is 3.23. The molecule has 5 nitrogen and oxygen atoms in total. The number of fused-ring (bicyclic) bond motifs is 1. The van der Waals surface area contributed by atoms with Crippen molar-refractivity contribution in [3.63, 3.8) is 0 Å². The second kappa shape index (κ2) is 7.04. The van der Waals surface area contributed by atoms with Crippen molar-refractivity contribution < 1.29 is 14.3 Å². The number of benzene rings is 2. The molecule has 0 aliphatic carbocycles. The summed E-state index contributed by atoms with van der Waals surface area (Å²) in [4.78, 5) is 26.2. The van der Waals surface area contributed by atoms with Crippen LogP contribution in [0.3, 0.4) is 0 Å². The quantitative estimate of drug-likeness (QED) is 0.733. The molecule has 2 aromatic carbocycles. The Morgan fingerprint density at radius 1 is 1.26 bits per heavy atom. The van der Waals surface area contributed by atoms with Crippen LogP contribution in [0, 0.1) is 6.92 Å². The van der Waals surface area contributed by atoms with Crippen molar-refractivity contribution in [2.24, 2.45) is 0 Å². The van der Waals surface area contributed by atoms with Crippen molar-refractivity contribution in [2.45, 2.75) is 20.0 Å². The van der Waals surface area contributed by atoms with E-state index < -0.39 is 0 Å². The molecule has 0 radical (unpaired) electrons. The summed E-state index contributed by atoms with van der Waals surface area (Å²) in [7, 11) is 0. The van der Waals surface area contributed by atoms with Crippen molar-refractivity contribution in [1.29, 1.82) is 0 Å². The Balaban J connectivity index is 1.63. The smallest absolute Gasteiger partial charge is 0.414 e. The highest BCUT2D eigenvalue weighted by atomic mass is 32.1. The van der Waals surface area contributed by atoms with Crippen LogP contribution in [-0.2, 0) is 9.53 Å². The molecule has 2 amide bonds. The van der Waals surface area contributed by atoms with Gasteiger partial charge in [0.1, 0.15) is 6.10 Å². The van der Waals surface area contributed by atoms with Crippen LogP contribution in [0.1, 0.15) is 12.5 Å². The lowest BCUT2D eigenvalue weighted by Gasteiger charge is -2.13. The van der Waals surface area contributed by atoms with Crippen molar-refractivity contribution in [3.8, 4) is 10.4 Å². The number of ether oxygens (including phenoxy) is 1. The molecule has 1 aromatic heterocycles. The summed E-state index contributed by atoms with van der Waals surface area (Å²) in [6.07, 6.45) is -0.707. The van der Waals surface area contributed by atoms with E-state index in [-0.39, 0.29) is 18.1 Å². The van der Waals surface area contributed by atoms with Crippen LogP contribution >= 0.6 is 11.3 Å². The van der Waals surface area contributed by atoms with E-state index >= 15 is 0 Å². The van der Waals surface area contributed by atoms with Crippen LogP contribution in [0.2, 0.25) is 0 Å². The second-order valence-corrected chi connectivity index (χ2v) is 7.71. The first kappa shape index (κ1) is 17.5. The van der Waals surface area contributed by atoms with Gasteiger partial charge in [-0.1, -0.05) is 30.3 Å². The Morgan fingerprint density at radius 2 is 2.04 bits per heavy atom. The summed E-state index contributed by atoms with van der Waals surface area (Å²) in [6, 6.07) is 16.4. The van der Waals surface area contributed by atoms with Gasteiger partial charge in [0.15, 0.2) is 0 Å². The second-order valence-electron chi connectivity index (χ2n) is 6.66. The van der Waals surface area contributed by atoms with Gasteiger partial charge < -0.3 is 10.1 Å². The molecule has 4 rings (SSSR count). The zero-order chi connectivity index (χ0) is 19.0. The van der Waals surface area contributed by atoms with E-state index in [1.165, 1.54) is 27.6 Å². The highest BCUT2D eigenvalue weighted by Gasteiger charge is 2.32. The van der Waals surface area contributed by atoms with Crippen LogP contribution < -0.4 is 10.2 Å². The fourth-order valence-corrected chi connectivity index (χ4v) is 4.53. The number of hydrogen-bond acceptors (Lipinski definition) is 4. The maximum atomic E-state index is 12.3. The maximum absolute atomic E-state index is 12.3. The van der Waals surface area contributed by atoms with E-state index in [9.17, 15) is 9.59 Å². The van der Waals surface area contributed by atoms with Crippen molar-refractivity contribution in [1.82, 2.24) is 5.32 Å². The first-order valence-electron chi connectivity index (χ1n) is 8.84. The number of thiophene rings is 1. The number of cyclic esters (lactones) is 1. The zero-order valence-corrected chi connectivity index (χ0v) is 16.0. The Labute approximate surface area is 161 Å². The lowest BCUT2D eigenvalue weighted by molar-refractivity contribution is -0.119. The summed E-state index contributed by atoms with van der Waals surface area (Å²) in [6.45, 7) is 4.33. The van der Waals surface area contributed by atoms with Gasteiger partial charge in [-0.2, -0.15) is 0 Å². The van der Waals surface area contributed by atoms with Gasteiger partial charge in [-0.3, -0.25) is 9.69 Å². The largest absolute Gasteiger partial charge is 0.442 e. The van der Waals surface area contributed by atoms with Gasteiger partial charge in [0.2, 0.25) is 5.91 Å². The average molecular weight is 380 g/mol. The van der Waals surface area contributed by atoms with E-state index in [0.717, 1.165) is 11.1 Å². The number of carbonyl (C=O) groups excluding carboxylic acids is 2. The third kappa shape index (κ3) is 3.40. The molecule has 1 N–H and O–H groups in total. The number of hydrogen-bond donors (Lipinski definition) is 1. The average Bonchev–Trinajstić information content (AvgIpc) is 3.20. The van der Waals surface area contributed by atoms with Crippen molar-refractivity contribution in [3.05, 3.63) is 54.1 Å². The molecule has 0 bridgehead atoms. The molecule has 0 saturated carbocycles. The van der Waals surface area contributed by atoms with Crippen LogP contribution in [-0.4, -0.2) is 31.2 Å². The summed E-state index contributed by atoms with van der Waals surface area (Å²) >= 11 is 1.76. The van der Waals surface area contributed by atoms with Gasteiger partial charge in [0.25, 0.3) is 0 Å². The number of nitrogens with zero attached hydrogens (tertiary/aromatic N) is 1. The molecule has 138 valence electrons. The first-order valence-corrected chi connectivity index (χ1v) is 9.66. The monoisotopic (exact) mass is 380 g/mol. The Kier molecular flexibility index (Phi) is 4.58. The molecule has 3 aromatic rings. The van der Waals surface area contributed by atoms with Gasteiger partial charge in [0, 0.05) is 22.2 Å². The first-order chi connectivity index (χ1) is 13.0. The molecule has 27 heavy (non-hydrogen) atoms. The lowest BCUT2D eigenvalue weighted by Crippen LogP contribution is -2.33. The predicted octanol–water partition coefficient (Wildman–Crippen LogP) is 4.34. The molecule has 1 atom stereocenters. The molecule has 0 spiro atoms. The van der Waals surface area contributed by atoms with Crippen LogP contribution in [0.4, 0.5) is 10.5 Å². The van der Waals surface area contributed by atoms with E-state index in [1.54, 1.807) is 16.2 Å². The van der Waals surface area contributed by atoms with Gasteiger partial charge in [-0.05, 0) is 41.6 Å². The highest BCUT2D eigenvalue weighted by Crippen LogP contribution is 2.39. The van der Waals surface area contributed by atoms with Crippen molar-refractivity contribution >= 4 is 39.1 Å². The van der Waals surface area contributed by atoms with Gasteiger partial charge in [0.05, 0.1) is 13.1 Å². The van der Waals surface area contributed by atoms with Crippen LogP contribution in [0.5, 0.6) is 0 Å². The molecule has 6 heteroatoms. The van der Waals surface area contributed by atoms with E-state index in [2.05, 4.69) is 36.5 Å². The third-order valence-electron chi connectivity index (χ3n) is 4.72. The Hall–Kier alpha value is -2.86. The number of nitrogens with one attached hydrogen (secondary N) is 1. The molecular weight excluding hydrogens is 360 g/mol. The molecule has 1 saturated heterocycles. The predicted molar refractivity (Wildman–Crippen MR) is 108 cm³/mol. The summed E-state index contributed by atoms with van der Waals surface area (Å²) in [5.74, 6) is -0.131. The number of anilines is 1. The molecular formula is C21H20N2O3S. The minimum atomic E-state index is -0.374. The van der Waals surface area contributed by atoms with Crippen LogP contribution in [0.15, 0.2) is 48.5 Å². The SMILES string of the molecule is CC(=O)NC[C@H]1CN(c2ccc3sc(-c4ccccc4)c(C)c3c2)C(=O)O1. The third-order valence-corrected chi connectivity index (χ3v) is 6.04. The minimum absolute atomic E-state index is 0.131. The Morgan fingerprint density at radius 3 is 2.78 bits per heavy atom. The number of rotatable bonds is 4. The zero-order valence-electron chi connectivity index (χ0n) is 15.2. The number of amides is 2. The van der Waals surface area contributed by atoms with E-state index in [0.29, 0.717) is 13.1 Å². The number of aryl methyl sites for hydroxylation is 1. The Bertz CT molecular complexity index is 1010. The normalized spacial score (nSPS) is 16.6. The molecule has 0 unspecified atom stereocenters. The fraction of sp³-hybridized carbons (Fsp3) is 0.238. The van der Waals surface area contributed by atoms with Gasteiger partial charge in [-0.15, -0.1) is 11.3 Å². The van der Waals surface area contributed by atoms with Gasteiger partial charge >= 0.3 is 6.09 Å². The molecule has 2 heterocycles. The minimum Gasteiger partial charge on any atom is -0.442 e. The lowest BCUT2D eigenvalue weighted by atomic mass is 10.1. The van der Waals surface area contributed by atoms with Crippen LogP contribution in [0.25, 0.3) is 20.5 Å². The molecule has 1 aliphatic heterocycles. The molecule has 1 aliphatic rings. The topological polar surface area (TPSA) is 58.6 Å². The summed E-state index contributed by atoms with van der Waals surface area (Å²) < 4.78 is 6.56. The fourth-order valence-electron chi connectivity index (χ4n) is 3.34.